The normalized spacial score (nSPS) is 26.3. The summed E-state index contributed by atoms with van der Waals surface area (Å²) in [6, 6.07) is 4.22. The molecular weight excluding hydrogens is 220 g/mol. The molecule has 0 bridgehead atoms. The Morgan fingerprint density at radius 1 is 1.31 bits per heavy atom. The van der Waals surface area contributed by atoms with Crippen LogP contribution in [0.3, 0.4) is 0 Å². The van der Waals surface area contributed by atoms with Gasteiger partial charge in [-0.2, -0.15) is 0 Å². The second-order valence-corrected chi connectivity index (χ2v) is 5.96. The number of rotatable bonds is 2. The van der Waals surface area contributed by atoms with E-state index in [1.165, 1.54) is 22.6 Å². The fourth-order valence-electron chi connectivity index (χ4n) is 2.60. The van der Waals surface area contributed by atoms with Gasteiger partial charge in [0.25, 0.3) is 0 Å². The molecule has 0 saturated heterocycles. The van der Waals surface area contributed by atoms with Gasteiger partial charge in [-0.3, -0.25) is 4.79 Å². The van der Waals surface area contributed by atoms with Crippen molar-refractivity contribution in [3.63, 3.8) is 0 Å². The Kier molecular flexibility index (Phi) is 3.64. The Hall–Kier alpha value is -0.830. The van der Waals surface area contributed by atoms with Crippen LogP contribution < -0.4 is 0 Å². The van der Waals surface area contributed by atoms with E-state index in [0.29, 0.717) is 0 Å². The zero-order chi connectivity index (χ0) is 11.5. The topological polar surface area (TPSA) is 37.3 Å². The standard InChI is InChI=1S/C13H18O2S/c1-9-7-8-12(16-9)10-5-3-2-4-6-11(10)13(14)15/h7-8,10-11H,2-6H2,1H3,(H,14,15). The minimum Gasteiger partial charge on any atom is -0.481 e. The van der Waals surface area contributed by atoms with Crippen molar-refractivity contribution in [1.29, 1.82) is 0 Å². The highest BCUT2D eigenvalue weighted by atomic mass is 32.1. The van der Waals surface area contributed by atoms with Crippen molar-refractivity contribution in [2.45, 2.75) is 44.9 Å². The van der Waals surface area contributed by atoms with Gasteiger partial charge in [0.05, 0.1) is 5.92 Å². The summed E-state index contributed by atoms with van der Waals surface area (Å²) in [4.78, 5) is 13.9. The average molecular weight is 238 g/mol. The Labute approximate surface area is 100 Å². The lowest BCUT2D eigenvalue weighted by Crippen LogP contribution is -2.20. The van der Waals surface area contributed by atoms with Crippen molar-refractivity contribution in [3.8, 4) is 0 Å². The van der Waals surface area contributed by atoms with Crippen LogP contribution in [-0.4, -0.2) is 11.1 Å². The number of thiophene rings is 1. The molecule has 0 radical (unpaired) electrons. The SMILES string of the molecule is Cc1ccc(C2CCCCCC2C(=O)O)s1. The predicted octanol–water partition coefficient (Wildman–Crippen LogP) is 3.81. The van der Waals surface area contributed by atoms with Gasteiger partial charge in [0, 0.05) is 15.7 Å². The first-order valence-electron chi connectivity index (χ1n) is 5.97. The third-order valence-corrected chi connectivity index (χ3v) is 4.59. The first-order valence-corrected chi connectivity index (χ1v) is 6.79. The first kappa shape index (κ1) is 11.6. The molecule has 1 heterocycles. The summed E-state index contributed by atoms with van der Waals surface area (Å²) in [6.07, 6.45) is 5.31. The number of hydrogen-bond donors (Lipinski definition) is 1. The van der Waals surface area contributed by atoms with Gasteiger partial charge in [-0.25, -0.2) is 0 Å². The molecule has 1 aromatic heterocycles. The quantitative estimate of drug-likeness (QED) is 0.796. The number of aryl methyl sites for hydroxylation is 1. The molecule has 2 rings (SSSR count). The molecule has 2 atom stereocenters. The lowest BCUT2D eigenvalue weighted by atomic mass is 9.87. The third-order valence-electron chi connectivity index (χ3n) is 3.46. The Morgan fingerprint density at radius 3 is 2.69 bits per heavy atom. The minimum absolute atomic E-state index is 0.166. The minimum atomic E-state index is -0.613. The summed E-state index contributed by atoms with van der Waals surface area (Å²) in [7, 11) is 0. The van der Waals surface area contributed by atoms with E-state index in [9.17, 15) is 9.90 Å². The molecule has 1 fully saturated rings. The number of hydrogen-bond acceptors (Lipinski definition) is 2. The molecule has 0 aromatic carbocycles. The van der Waals surface area contributed by atoms with Crippen LogP contribution in [0.4, 0.5) is 0 Å². The molecule has 0 amide bonds. The Morgan fingerprint density at radius 2 is 2.06 bits per heavy atom. The summed E-state index contributed by atoms with van der Waals surface area (Å²) in [5.74, 6) is -0.530. The maximum Gasteiger partial charge on any atom is 0.307 e. The van der Waals surface area contributed by atoms with E-state index < -0.39 is 5.97 Å². The van der Waals surface area contributed by atoms with Gasteiger partial charge >= 0.3 is 5.97 Å². The maximum absolute atomic E-state index is 11.3. The number of carbonyl (C=O) groups is 1. The van der Waals surface area contributed by atoms with Gasteiger partial charge in [0.2, 0.25) is 0 Å². The van der Waals surface area contributed by atoms with Gasteiger partial charge in [-0.05, 0) is 31.9 Å². The van der Waals surface area contributed by atoms with Crippen molar-refractivity contribution < 1.29 is 9.90 Å². The zero-order valence-electron chi connectivity index (χ0n) is 9.61. The molecule has 2 nitrogen and oxygen atoms in total. The second-order valence-electron chi connectivity index (χ2n) is 4.64. The monoisotopic (exact) mass is 238 g/mol. The van der Waals surface area contributed by atoms with E-state index in [4.69, 9.17) is 0 Å². The molecule has 1 aliphatic carbocycles. The summed E-state index contributed by atoms with van der Waals surface area (Å²) < 4.78 is 0. The smallest absolute Gasteiger partial charge is 0.307 e. The summed E-state index contributed by atoms with van der Waals surface area (Å²) in [5, 5.41) is 9.31. The molecule has 2 unspecified atom stereocenters. The largest absolute Gasteiger partial charge is 0.481 e. The van der Waals surface area contributed by atoms with Crippen molar-refractivity contribution >= 4 is 17.3 Å². The van der Waals surface area contributed by atoms with Crippen LogP contribution in [0.5, 0.6) is 0 Å². The highest BCUT2D eigenvalue weighted by molar-refractivity contribution is 7.12. The number of carboxylic acids is 1. The van der Waals surface area contributed by atoms with E-state index >= 15 is 0 Å². The van der Waals surface area contributed by atoms with E-state index in [1.54, 1.807) is 11.3 Å². The molecule has 1 saturated carbocycles. The summed E-state index contributed by atoms with van der Waals surface area (Å²) in [5.41, 5.74) is 0. The molecule has 0 spiro atoms. The number of aliphatic carboxylic acids is 1. The van der Waals surface area contributed by atoms with Crippen LogP contribution in [-0.2, 0) is 4.79 Å². The van der Waals surface area contributed by atoms with Gasteiger partial charge in [0.1, 0.15) is 0 Å². The average Bonchev–Trinajstić information content (AvgIpc) is 2.54. The van der Waals surface area contributed by atoms with E-state index in [0.717, 1.165) is 19.3 Å². The van der Waals surface area contributed by atoms with Gasteiger partial charge in [0.15, 0.2) is 0 Å². The Balaban J connectivity index is 2.23. The van der Waals surface area contributed by atoms with Crippen molar-refractivity contribution in [2.24, 2.45) is 5.92 Å². The Bertz CT molecular complexity index is 370. The maximum atomic E-state index is 11.3. The van der Waals surface area contributed by atoms with Crippen LogP contribution in [0, 0.1) is 12.8 Å². The summed E-state index contributed by atoms with van der Waals surface area (Å²) in [6.45, 7) is 2.08. The van der Waals surface area contributed by atoms with Gasteiger partial charge in [-0.1, -0.05) is 19.3 Å². The van der Waals surface area contributed by atoms with Crippen LogP contribution in [0.15, 0.2) is 12.1 Å². The fourth-order valence-corrected chi connectivity index (χ4v) is 3.67. The molecule has 1 N–H and O–H groups in total. The van der Waals surface area contributed by atoms with Crippen LogP contribution in [0.2, 0.25) is 0 Å². The van der Waals surface area contributed by atoms with Gasteiger partial charge in [-0.15, -0.1) is 11.3 Å². The lowest BCUT2D eigenvalue weighted by molar-refractivity contribution is -0.142. The second kappa shape index (κ2) is 5.00. The molecule has 1 aromatic rings. The van der Waals surface area contributed by atoms with Crippen molar-refractivity contribution in [3.05, 3.63) is 21.9 Å². The van der Waals surface area contributed by atoms with Crippen molar-refractivity contribution in [1.82, 2.24) is 0 Å². The first-order chi connectivity index (χ1) is 7.68. The van der Waals surface area contributed by atoms with Crippen LogP contribution in [0.1, 0.15) is 47.8 Å². The van der Waals surface area contributed by atoms with Crippen LogP contribution in [0.25, 0.3) is 0 Å². The molecular formula is C13H18O2S. The third kappa shape index (κ3) is 2.46. The highest BCUT2D eigenvalue weighted by Crippen LogP contribution is 2.39. The zero-order valence-corrected chi connectivity index (χ0v) is 10.4. The molecule has 1 aliphatic rings. The molecule has 3 heteroatoms. The highest BCUT2D eigenvalue weighted by Gasteiger charge is 2.31. The van der Waals surface area contributed by atoms with Crippen molar-refractivity contribution in [2.75, 3.05) is 0 Å². The molecule has 88 valence electrons. The molecule has 16 heavy (non-hydrogen) atoms. The van der Waals surface area contributed by atoms with E-state index in [-0.39, 0.29) is 11.8 Å². The van der Waals surface area contributed by atoms with Gasteiger partial charge < -0.3 is 5.11 Å². The van der Waals surface area contributed by atoms with E-state index in [2.05, 4.69) is 19.1 Å². The predicted molar refractivity (Wildman–Crippen MR) is 66.0 cm³/mol. The van der Waals surface area contributed by atoms with E-state index in [1.807, 2.05) is 0 Å². The number of carboxylic acid groups (broad SMARTS) is 1. The fraction of sp³-hybridized carbons (Fsp3) is 0.615. The summed E-state index contributed by atoms with van der Waals surface area (Å²) >= 11 is 1.76. The lowest BCUT2D eigenvalue weighted by Gasteiger charge is -2.20. The van der Waals surface area contributed by atoms with Crippen LogP contribution >= 0.6 is 11.3 Å². The molecule has 0 aliphatic heterocycles.